The third kappa shape index (κ3) is 8.63. The number of unbranched alkanes of at least 4 members (excludes halogenated alkanes) is 5. The lowest BCUT2D eigenvalue weighted by molar-refractivity contribution is -0.137. The zero-order chi connectivity index (χ0) is 18.7. The molecule has 0 radical (unpaired) electrons. The molecule has 0 spiro atoms. The molecule has 1 aliphatic carbocycles. The van der Waals surface area contributed by atoms with Crippen LogP contribution in [-0.4, -0.2) is 39.3 Å². The molecule has 144 valence electrons. The van der Waals surface area contributed by atoms with Crippen LogP contribution in [0.2, 0.25) is 0 Å². The van der Waals surface area contributed by atoms with E-state index >= 15 is 0 Å². The minimum Gasteiger partial charge on any atom is -0.481 e. The first kappa shape index (κ1) is 21.8. The molecule has 0 saturated heterocycles. The fraction of sp³-hybridized carbons (Fsp3) is 0.800. The number of carbonyl (C=O) groups excluding carboxylic acids is 1. The molecule has 5 nitrogen and oxygen atoms in total. The fourth-order valence-corrected chi connectivity index (χ4v) is 3.54. The summed E-state index contributed by atoms with van der Waals surface area (Å²) >= 11 is 0. The van der Waals surface area contributed by atoms with Crippen molar-refractivity contribution in [2.24, 2.45) is 11.8 Å². The summed E-state index contributed by atoms with van der Waals surface area (Å²) in [5.41, 5.74) is 0. The van der Waals surface area contributed by atoms with E-state index in [0.29, 0.717) is 12.8 Å². The Hall–Kier alpha value is -1.20. The standard InChI is InChI=1S/C20H34O5/c1-2-3-6-10-16-17(19(23)14-18(16)22)13-12-15(21)9-7-4-5-8-11-20(24)25/h12-13,15-17,19,21,23H,2-11,14H2,1H3,(H,24,25)/b13-12+/t15-,16-,17+,19+/m0/s1. The van der Waals surface area contributed by atoms with E-state index in [1.807, 2.05) is 6.08 Å². The minimum atomic E-state index is -0.763. The van der Waals surface area contributed by atoms with Crippen LogP contribution in [0.4, 0.5) is 0 Å². The molecule has 0 aromatic carbocycles. The zero-order valence-electron chi connectivity index (χ0n) is 15.4. The lowest BCUT2D eigenvalue weighted by Gasteiger charge is -2.18. The Labute approximate surface area is 151 Å². The monoisotopic (exact) mass is 354 g/mol. The van der Waals surface area contributed by atoms with Gasteiger partial charge in [-0.15, -0.1) is 0 Å². The quantitative estimate of drug-likeness (QED) is 0.348. The highest BCUT2D eigenvalue weighted by atomic mass is 16.4. The third-order valence-electron chi connectivity index (χ3n) is 5.05. The normalized spacial score (nSPS) is 24.9. The molecule has 0 bridgehead atoms. The van der Waals surface area contributed by atoms with Crippen molar-refractivity contribution < 1.29 is 24.9 Å². The molecule has 0 amide bonds. The molecule has 1 aliphatic rings. The van der Waals surface area contributed by atoms with Crippen molar-refractivity contribution in [3.63, 3.8) is 0 Å². The van der Waals surface area contributed by atoms with Gasteiger partial charge in [0.15, 0.2) is 0 Å². The molecule has 0 heterocycles. The number of aliphatic carboxylic acids is 1. The van der Waals surface area contributed by atoms with Crippen molar-refractivity contribution in [2.75, 3.05) is 0 Å². The highest BCUT2D eigenvalue weighted by molar-refractivity contribution is 5.84. The first-order chi connectivity index (χ1) is 12.0. The molecule has 1 saturated carbocycles. The Morgan fingerprint density at radius 3 is 2.60 bits per heavy atom. The van der Waals surface area contributed by atoms with Crippen molar-refractivity contribution in [1.82, 2.24) is 0 Å². The number of carboxylic acids is 1. The summed E-state index contributed by atoms with van der Waals surface area (Å²) < 4.78 is 0. The summed E-state index contributed by atoms with van der Waals surface area (Å²) in [5.74, 6) is -0.900. The third-order valence-corrected chi connectivity index (χ3v) is 5.05. The van der Waals surface area contributed by atoms with Gasteiger partial charge in [-0.25, -0.2) is 0 Å². The molecule has 5 heteroatoms. The Kier molecular flexibility index (Phi) is 10.7. The summed E-state index contributed by atoms with van der Waals surface area (Å²) in [6, 6.07) is 0. The molecule has 0 aliphatic heterocycles. The van der Waals surface area contributed by atoms with Crippen LogP contribution in [0, 0.1) is 11.8 Å². The van der Waals surface area contributed by atoms with Crippen molar-refractivity contribution in [3.05, 3.63) is 12.2 Å². The van der Waals surface area contributed by atoms with Gasteiger partial charge in [-0.05, 0) is 19.3 Å². The van der Waals surface area contributed by atoms with Gasteiger partial charge in [0.2, 0.25) is 0 Å². The van der Waals surface area contributed by atoms with Crippen molar-refractivity contribution in [1.29, 1.82) is 0 Å². The van der Waals surface area contributed by atoms with E-state index in [1.165, 1.54) is 0 Å². The first-order valence-electron chi connectivity index (χ1n) is 9.74. The molecule has 3 N–H and O–H groups in total. The number of aliphatic hydroxyl groups is 2. The van der Waals surface area contributed by atoms with Gasteiger partial charge >= 0.3 is 5.97 Å². The molecular weight excluding hydrogens is 320 g/mol. The minimum absolute atomic E-state index is 0.110. The maximum atomic E-state index is 12.1. The first-order valence-corrected chi connectivity index (χ1v) is 9.74. The Balaban J connectivity index is 2.33. The molecule has 0 aromatic rings. The molecule has 4 atom stereocenters. The molecule has 1 rings (SSSR count). The maximum absolute atomic E-state index is 12.1. The van der Waals surface area contributed by atoms with Gasteiger partial charge in [0, 0.05) is 24.7 Å². The Morgan fingerprint density at radius 2 is 1.92 bits per heavy atom. The number of Topliss-reactive ketones (excluding diaryl/α,β-unsaturated/α-hetero) is 1. The lowest BCUT2D eigenvalue weighted by Crippen LogP contribution is -2.19. The van der Waals surface area contributed by atoms with Crippen LogP contribution in [0.5, 0.6) is 0 Å². The number of rotatable bonds is 13. The van der Waals surface area contributed by atoms with Gasteiger partial charge in [0.1, 0.15) is 5.78 Å². The molecule has 1 fully saturated rings. The SMILES string of the molecule is CCCCC[C@@H]1C(=O)C[C@@H](O)[C@@H]1/C=C/[C@@H](O)CCCCCCC(=O)O. The Bertz CT molecular complexity index is 432. The lowest BCUT2D eigenvalue weighted by atomic mass is 9.88. The van der Waals surface area contributed by atoms with Crippen molar-refractivity contribution >= 4 is 11.8 Å². The van der Waals surface area contributed by atoms with Crippen molar-refractivity contribution in [3.8, 4) is 0 Å². The van der Waals surface area contributed by atoms with Gasteiger partial charge in [0.05, 0.1) is 12.2 Å². The van der Waals surface area contributed by atoms with E-state index in [-0.39, 0.29) is 30.5 Å². The average Bonchev–Trinajstić information content (AvgIpc) is 2.82. The van der Waals surface area contributed by atoms with E-state index < -0.39 is 18.2 Å². The maximum Gasteiger partial charge on any atom is 0.303 e. The smallest absolute Gasteiger partial charge is 0.303 e. The van der Waals surface area contributed by atoms with Crippen LogP contribution >= 0.6 is 0 Å². The van der Waals surface area contributed by atoms with Crippen LogP contribution < -0.4 is 0 Å². The number of hydrogen-bond acceptors (Lipinski definition) is 4. The second-order valence-corrected chi connectivity index (χ2v) is 7.22. The summed E-state index contributed by atoms with van der Waals surface area (Å²) in [7, 11) is 0. The summed E-state index contributed by atoms with van der Waals surface area (Å²) in [6.07, 6.45) is 10.7. The Morgan fingerprint density at radius 1 is 1.20 bits per heavy atom. The van der Waals surface area contributed by atoms with Crippen LogP contribution in [0.3, 0.4) is 0 Å². The highest BCUT2D eigenvalue weighted by Gasteiger charge is 2.39. The number of carbonyl (C=O) groups is 2. The number of ketones is 1. The van der Waals surface area contributed by atoms with Crippen molar-refractivity contribution in [2.45, 2.75) is 89.8 Å². The van der Waals surface area contributed by atoms with E-state index in [4.69, 9.17) is 5.11 Å². The molecule has 25 heavy (non-hydrogen) atoms. The average molecular weight is 354 g/mol. The second kappa shape index (κ2) is 12.2. The zero-order valence-corrected chi connectivity index (χ0v) is 15.4. The van der Waals surface area contributed by atoms with Gasteiger partial charge in [0.25, 0.3) is 0 Å². The second-order valence-electron chi connectivity index (χ2n) is 7.22. The van der Waals surface area contributed by atoms with E-state index in [0.717, 1.165) is 44.9 Å². The fourth-order valence-electron chi connectivity index (χ4n) is 3.54. The van der Waals surface area contributed by atoms with Gasteiger partial charge < -0.3 is 15.3 Å². The predicted octanol–water partition coefficient (Wildman–Crippen LogP) is 3.48. The van der Waals surface area contributed by atoms with E-state index in [2.05, 4.69) is 6.92 Å². The van der Waals surface area contributed by atoms with Gasteiger partial charge in [-0.2, -0.15) is 0 Å². The highest BCUT2D eigenvalue weighted by Crippen LogP contribution is 2.34. The molecular formula is C20H34O5. The van der Waals surface area contributed by atoms with E-state index in [9.17, 15) is 19.8 Å². The topological polar surface area (TPSA) is 94.8 Å². The molecule has 0 aromatic heterocycles. The largest absolute Gasteiger partial charge is 0.481 e. The molecule has 0 unspecified atom stereocenters. The summed E-state index contributed by atoms with van der Waals surface area (Å²) in [6.45, 7) is 2.13. The number of aliphatic hydroxyl groups excluding tert-OH is 2. The van der Waals surface area contributed by atoms with E-state index in [1.54, 1.807) is 6.08 Å². The van der Waals surface area contributed by atoms with Gasteiger partial charge in [-0.3, -0.25) is 9.59 Å². The summed E-state index contributed by atoms with van der Waals surface area (Å²) in [4.78, 5) is 22.5. The van der Waals surface area contributed by atoms with Crippen LogP contribution in [0.25, 0.3) is 0 Å². The number of carboxylic acid groups (broad SMARTS) is 1. The van der Waals surface area contributed by atoms with Crippen LogP contribution in [0.1, 0.15) is 77.6 Å². The number of hydrogen-bond donors (Lipinski definition) is 3. The predicted molar refractivity (Wildman–Crippen MR) is 97.2 cm³/mol. The van der Waals surface area contributed by atoms with Crippen LogP contribution in [-0.2, 0) is 9.59 Å². The van der Waals surface area contributed by atoms with Crippen LogP contribution in [0.15, 0.2) is 12.2 Å². The van der Waals surface area contributed by atoms with Gasteiger partial charge in [-0.1, -0.05) is 57.6 Å². The summed E-state index contributed by atoms with van der Waals surface area (Å²) in [5, 5.41) is 28.7.